The Morgan fingerprint density at radius 3 is 2.45 bits per heavy atom. The van der Waals surface area contributed by atoms with E-state index < -0.39 is 5.60 Å². The molecule has 158 valence electrons. The minimum atomic E-state index is -0.413. The molecule has 3 aromatic carbocycles. The molecule has 31 heavy (non-hydrogen) atoms. The Hall–Kier alpha value is -2.43. The first-order chi connectivity index (χ1) is 15.0. The molecule has 0 spiro atoms. The zero-order valence-corrected chi connectivity index (χ0v) is 19.2. The SMILES string of the molecule is CC1(C)Oc2ccc(C=O)cc2[C@H]2O[C@H](Cc3ccccc3)[C@@H](c3ccc(Br)cc3)[C@@H]21. The number of ether oxygens (including phenoxy) is 2. The number of hydrogen-bond acceptors (Lipinski definition) is 3. The van der Waals surface area contributed by atoms with Crippen molar-refractivity contribution < 1.29 is 14.3 Å². The molecule has 0 bridgehead atoms. The molecule has 0 amide bonds. The van der Waals surface area contributed by atoms with E-state index in [1.807, 2.05) is 24.3 Å². The highest BCUT2D eigenvalue weighted by Crippen LogP contribution is 2.58. The lowest BCUT2D eigenvalue weighted by molar-refractivity contribution is -0.0423. The Kier molecular flexibility index (Phi) is 5.23. The fourth-order valence-corrected chi connectivity index (χ4v) is 5.54. The summed E-state index contributed by atoms with van der Waals surface area (Å²) in [5.41, 5.74) is 3.73. The topological polar surface area (TPSA) is 35.5 Å². The summed E-state index contributed by atoms with van der Waals surface area (Å²) >= 11 is 3.56. The second kappa shape index (κ2) is 7.92. The lowest BCUT2D eigenvalue weighted by Crippen LogP contribution is -2.45. The van der Waals surface area contributed by atoms with Gasteiger partial charge >= 0.3 is 0 Å². The van der Waals surface area contributed by atoms with E-state index >= 15 is 0 Å². The molecule has 0 unspecified atom stereocenters. The fraction of sp³-hybridized carbons (Fsp3) is 0.296. The van der Waals surface area contributed by atoms with E-state index in [0.29, 0.717) is 5.56 Å². The molecule has 3 nitrogen and oxygen atoms in total. The smallest absolute Gasteiger partial charge is 0.150 e. The highest BCUT2D eigenvalue weighted by atomic mass is 79.9. The molecule has 4 heteroatoms. The van der Waals surface area contributed by atoms with Crippen molar-refractivity contribution in [3.8, 4) is 5.75 Å². The number of rotatable bonds is 4. The predicted molar refractivity (Wildman–Crippen MR) is 125 cm³/mol. The molecule has 1 fully saturated rings. The van der Waals surface area contributed by atoms with Crippen LogP contribution in [0.3, 0.4) is 0 Å². The van der Waals surface area contributed by atoms with E-state index in [2.05, 4.69) is 78.3 Å². The minimum Gasteiger partial charge on any atom is -0.487 e. The molecule has 0 aliphatic carbocycles. The van der Waals surface area contributed by atoms with Crippen LogP contribution in [0.1, 0.15) is 52.9 Å². The summed E-state index contributed by atoms with van der Waals surface area (Å²) in [6, 6.07) is 24.7. The maximum absolute atomic E-state index is 11.4. The molecule has 2 aliphatic heterocycles. The van der Waals surface area contributed by atoms with Gasteiger partial charge in [-0.1, -0.05) is 58.4 Å². The van der Waals surface area contributed by atoms with Gasteiger partial charge in [0.05, 0.1) is 12.2 Å². The van der Waals surface area contributed by atoms with E-state index in [4.69, 9.17) is 9.47 Å². The lowest BCUT2D eigenvalue weighted by Gasteiger charge is -2.43. The number of benzene rings is 3. The third kappa shape index (κ3) is 3.72. The molecule has 0 radical (unpaired) electrons. The summed E-state index contributed by atoms with van der Waals surface area (Å²) in [5.74, 6) is 1.10. The first kappa shape index (κ1) is 20.5. The van der Waals surface area contributed by atoms with Gasteiger partial charge in [0, 0.05) is 27.4 Å². The van der Waals surface area contributed by atoms with Crippen LogP contribution in [0.5, 0.6) is 5.75 Å². The Morgan fingerprint density at radius 1 is 1.00 bits per heavy atom. The summed E-state index contributed by atoms with van der Waals surface area (Å²) in [7, 11) is 0. The maximum atomic E-state index is 11.4. The van der Waals surface area contributed by atoms with E-state index in [0.717, 1.165) is 28.5 Å². The standard InChI is InChI=1S/C27H25BrO3/c1-27(2)25-24(19-9-11-20(28)12-10-19)23(15-17-6-4-3-5-7-17)30-26(25)21-14-18(16-29)8-13-22(21)31-27/h3-14,16,23-26H,15H2,1-2H3/t23-,24-,25+,26-/m1/s1. The van der Waals surface area contributed by atoms with Crippen molar-refractivity contribution in [2.75, 3.05) is 0 Å². The van der Waals surface area contributed by atoms with Gasteiger partial charge < -0.3 is 9.47 Å². The predicted octanol–water partition coefficient (Wildman–Crippen LogP) is 6.52. The van der Waals surface area contributed by atoms with E-state index in [1.165, 1.54) is 11.1 Å². The monoisotopic (exact) mass is 476 g/mol. The van der Waals surface area contributed by atoms with Gasteiger partial charge in [0.1, 0.15) is 17.6 Å². The largest absolute Gasteiger partial charge is 0.487 e. The van der Waals surface area contributed by atoms with Crippen molar-refractivity contribution in [1.82, 2.24) is 0 Å². The van der Waals surface area contributed by atoms with Crippen LogP contribution in [0.4, 0.5) is 0 Å². The lowest BCUT2D eigenvalue weighted by atomic mass is 9.70. The van der Waals surface area contributed by atoms with Crippen LogP contribution in [0.25, 0.3) is 0 Å². The zero-order valence-electron chi connectivity index (χ0n) is 17.6. The summed E-state index contributed by atoms with van der Waals surface area (Å²) in [5, 5.41) is 0. The van der Waals surface area contributed by atoms with Gasteiger partial charge in [-0.3, -0.25) is 4.79 Å². The van der Waals surface area contributed by atoms with Gasteiger partial charge in [-0.25, -0.2) is 0 Å². The molecular formula is C27H25BrO3. The van der Waals surface area contributed by atoms with Gasteiger partial charge in [0.25, 0.3) is 0 Å². The molecule has 1 saturated heterocycles. The summed E-state index contributed by atoms with van der Waals surface area (Å²) < 4.78 is 14.4. The molecule has 0 aromatic heterocycles. The van der Waals surface area contributed by atoms with Crippen LogP contribution >= 0.6 is 15.9 Å². The maximum Gasteiger partial charge on any atom is 0.150 e. The minimum absolute atomic E-state index is 0.00675. The van der Waals surface area contributed by atoms with Crippen molar-refractivity contribution >= 4 is 22.2 Å². The van der Waals surface area contributed by atoms with Crippen molar-refractivity contribution in [3.05, 3.63) is 99.5 Å². The van der Waals surface area contributed by atoms with Crippen molar-refractivity contribution in [3.63, 3.8) is 0 Å². The van der Waals surface area contributed by atoms with Crippen LogP contribution in [0, 0.1) is 5.92 Å². The van der Waals surface area contributed by atoms with Crippen molar-refractivity contribution in [2.45, 2.75) is 44.0 Å². The van der Waals surface area contributed by atoms with E-state index in [9.17, 15) is 4.79 Å². The van der Waals surface area contributed by atoms with Crippen LogP contribution < -0.4 is 4.74 Å². The van der Waals surface area contributed by atoms with Crippen LogP contribution in [0.2, 0.25) is 0 Å². The molecule has 4 atom stereocenters. The van der Waals surface area contributed by atoms with E-state index in [-0.39, 0.29) is 24.0 Å². The Morgan fingerprint density at radius 2 is 1.74 bits per heavy atom. The summed E-state index contributed by atoms with van der Waals surface area (Å²) in [6.45, 7) is 4.31. The molecule has 0 saturated carbocycles. The average Bonchev–Trinajstić information content (AvgIpc) is 3.15. The van der Waals surface area contributed by atoms with Crippen molar-refractivity contribution in [2.24, 2.45) is 5.92 Å². The number of aldehydes is 1. The zero-order chi connectivity index (χ0) is 21.6. The third-order valence-electron chi connectivity index (χ3n) is 6.62. The molecule has 2 aliphatic rings. The quantitative estimate of drug-likeness (QED) is 0.402. The molecule has 5 rings (SSSR count). The number of hydrogen-bond donors (Lipinski definition) is 0. The average molecular weight is 477 g/mol. The molecule has 0 N–H and O–H groups in total. The Labute approximate surface area is 191 Å². The number of halogens is 1. The Balaban J connectivity index is 1.62. The normalized spacial score (nSPS) is 25.9. The second-order valence-corrected chi connectivity index (χ2v) is 9.92. The van der Waals surface area contributed by atoms with Gasteiger partial charge in [0.15, 0.2) is 0 Å². The van der Waals surface area contributed by atoms with Crippen LogP contribution in [-0.2, 0) is 11.2 Å². The molecule has 3 aromatic rings. The van der Waals surface area contributed by atoms with Gasteiger partial charge in [-0.2, -0.15) is 0 Å². The second-order valence-electron chi connectivity index (χ2n) is 9.01. The first-order valence-corrected chi connectivity index (χ1v) is 11.5. The summed E-state index contributed by atoms with van der Waals surface area (Å²) in [6.07, 6.45) is 1.60. The Bertz CT molecular complexity index is 1090. The molecule has 2 heterocycles. The summed E-state index contributed by atoms with van der Waals surface area (Å²) in [4.78, 5) is 11.4. The number of fused-ring (bicyclic) bond motifs is 3. The van der Waals surface area contributed by atoms with Gasteiger partial charge in [0.2, 0.25) is 0 Å². The highest BCUT2D eigenvalue weighted by Gasteiger charge is 2.56. The van der Waals surface area contributed by atoms with Crippen molar-refractivity contribution in [1.29, 1.82) is 0 Å². The van der Waals surface area contributed by atoms with E-state index in [1.54, 1.807) is 0 Å². The van der Waals surface area contributed by atoms with Crippen LogP contribution in [-0.4, -0.2) is 18.0 Å². The first-order valence-electron chi connectivity index (χ1n) is 10.7. The molecular weight excluding hydrogens is 452 g/mol. The third-order valence-corrected chi connectivity index (χ3v) is 7.15. The van der Waals surface area contributed by atoms with Gasteiger partial charge in [-0.05, 0) is 61.7 Å². The number of carbonyl (C=O) groups is 1. The van der Waals surface area contributed by atoms with Gasteiger partial charge in [-0.15, -0.1) is 0 Å². The highest BCUT2D eigenvalue weighted by molar-refractivity contribution is 9.10. The fourth-order valence-electron chi connectivity index (χ4n) is 5.28. The number of carbonyl (C=O) groups excluding carboxylic acids is 1. The van der Waals surface area contributed by atoms with Crippen LogP contribution in [0.15, 0.2) is 77.3 Å².